The molecule has 0 aliphatic carbocycles. The molecule has 0 saturated heterocycles. The lowest BCUT2D eigenvalue weighted by atomic mass is 10.1. The normalized spacial score (nSPS) is 11.2. The van der Waals surface area contributed by atoms with Gasteiger partial charge in [0.25, 0.3) is 0 Å². The smallest absolute Gasteiger partial charge is 0.221 e. The van der Waals surface area contributed by atoms with Crippen LogP contribution in [0, 0.1) is 0 Å². The maximum atomic E-state index is 10.7. The Morgan fingerprint density at radius 3 is 2.38 bits per heavy atom. The van der Waals surface area contributed by atoms with Crippen molar-refractivity contribution in [2.45, 2.75) is 25.9 Å². The van der Waals surface area contributed by atoms with Gasteiger partial charge < -0.3 is 15.6 Å². The van der Waals surface area contributed by atoms with E-state index in [1.54, 1.807) is 38.1 Å². The molecule has 0 bridgehead atoms. The van der Waals surface area contributed by atoms with Gasteiger partial charge in [0.2, 0.25) is 5.91 Å². The number of ether oxygens (including phenoxy) is 1. The van der Waals surface area contributed by atoms with Gasteiger partial charge in [0, 0.05) is 0 Å². The Morgan fingerprint density at radius 1 is 1.38 bits per heavy atom. The Hall–Kier alpha value is -1.55. The summed E-state index contributed by atoms with van der Waals surface area (Å²) >= 11 is 0. The predicted octanol–water partition coefficient (Wildman–Crippen LogP) is 0.864. The molecule has 0 spiro atoms. The Morgan fingerprint density at radius 2 is 1.94 bits per heavy atom. The minimum Gasteiger partial charge on any atom is -0.491 e. The standard InChI is InChI=1S/C12H17NO3/c1-12(2,15)8-16-10-5-3-9(4-6-10)7-11(13)14/h3-6,15H,7-8H2,1-2H3,(H2,13,14). The molecule has 88 valence electrons. The van der Waals surface area contributed by atoms with Crippen LogP contribution in [-0.2, 0) is 11.2 Å². The van der Waals surface area contributed by atoms with Crippen LogP contribution in [0.2, 0.25) is 0 Å². The quantitative estimate of drug-likeness (QED) is 0.777. The molecule has 0 aliphatic rings. The highest BCUT2D eigenvalue weighted by atomic mass is 16.5. The van der Waals surface area contributed by atoms with E-state index < -0.39 is 5.60 Å². The van der Waals surface area contributed by atoms with Gasteiger partial charge in [0.05, 0.1) is 12.0 Å². The molecule has 0 radical (unpaired) electrons. The molecule has 1 amide bonds. The van der Waals surface area contributed by atoms with E-state index in [2.05, 4.69) is 0 Å². The Balaban J connectivity index is 2.55. The first-order valence-corrected chi connectivity index (χ1v) is 5.09. The lowest BCUT2D eigenvalue weighted by Crippen LogP contribution is -2.27. The van der Waals surface area contributed by atoms with Gasteiger partial charge in [-0.1, -0.05) is 12.1 Å². The molecule has 0 fully saturated rings. The number of carbonyl (C=O) groups excluding carboxylic acids is 1. The number of hydrogen-bond donors (Lipinski definition) is 2. The molecule has 0 aromatic heterocycles. The molecule has 0 heterocycles. The molecule has 0 aliphatic heterocycles. The Kier molecular flexibility index (Phi) is 3.90. The van der Waals surface area contributed by atoms with E-state index in [-0.39, 0.29) is 18.9 Å². The van der Waals surface area contributed by atoms with Gasteiger partial charge in [-0.05, 0) is 31.5 Å². The molecule has 4 nitrogen and oxygen atoms in total. The second kappa shape index (κ2) is 4.99. The summed E-state index contributed by atoms with van der Waals surface area (Å²) in [4.78, 5) is 10.7. The van der Waals surface area contributed by atoms with Crippen molar-refractivity contribution in [2.24, 2.45) is 5.73 Å². The molecule has 4 heteroatoms. The maximum absolute atomic E-state index is 10.7. The zero-order valence-electron chi connectivity index (χ0n) is 9.56. The van der Waals surface area contributed by atoms with Crippen LogP contribution in [0.1, 0.15) is 19.4 Å². The molecule has 16 heavy (non-hydrogen) atoms. The van der Waals surface area contributed by atoms with Crippen molar-refractivity contribution in [1.82, 2.24) is 0 Å². The van der Waals surface area contributed by atoms with Crippen molar-refractivity contribution in [2.75, 3.05) is 6.61 Å². The van der Waals surface area contributed by atoms with E-state index in [0.717, 1.165) is 5.56 Å². The minimum atomic E-state index is -0.855. The van der Waals surface area contributed by atoms with E-state index in [1.165, 1.54) is 0 Å². The topological polar surface area (TPSA) is 72.6 Å². The lowest BCUT2D eigenvalue weighted by molar-refractivity contribution is -0.117. The van der Waals surface area contributed by atoms with Gasteiger partial charge in [-0.15, -0.1) is 0 Å². The fourth-order valence-corrected chi connectivity index (χ4v) is 1.16. The summed E-state index contributed by atoms with van der Waals surface area (Å²) in [5.41, 5.74) is 5.07. The van der Waals surface area contributed by atoms with E-state index >= 15 is 0 Å². The average Bonchev–Trinajstić information content (AvgIpc) is 2.14. The lowest BCUT2D eigenvalue weighted by Gasteiger charge is -2.17. The number of rotatable bonds is 5. The monoisotopic (exact) mass is 223 g/mol. The highest BCUT2D eigenvalue weighted by Gasteiger charge is 2.13. The summed E-state index contributed by atoms with van der Waals surface area (Å²) in [5, 5.41) is 9.47. The zero-order valence-corrected chi connectivity index (χ0v) is 9.56. The van der Waals surface area contributed by atoms with Crippen LogP contribution in [-0.4, -0.2) is 23.2 Å². The molecule has 1 aromatic carbocycles. The Labute approximate surface area is 95.0 Å². The number of hydrogen-bond acceptors (Lipinski definition) is 3. The van der Waals surface area contributed by atoms with Crippen LogP contribution in [0.25, 0.3) is 0 Å². The van der Waals surface area contributed by atoms with Gasteiger partial charge >= 0.3 is 0 Å². The summed E-state index contributed by atoms with van der Waals surface area (Å²) in [5.74, 6) is 0.306. The van der Waals surface area contributed by atoms with Gasteiger partial charge in [0.15, 0.2) is 0 Å². The van der Waals surface area contributed by atoms with Crippen LogP contribution in [0.4, 0.5) is 0 Å². The maximum Gasteiger partial charge on any atom is 0.221 e. The van der Waals surface area contributed by atoms with Crippen molar-refractivity contribution in [3.05, 3.63) is 29.8 Å². The zero-order chi connectivity index (χ0) is 12.2. The van der Waals surface area contributed by atoms with E-state index in [9.17, 15) is 9.90 Å². The molecular weight excluding hydrogens is 206 g/mol. The van der Waals surface area contributed by atoms with Gasteiger partial charge in [-0.3, -0.25) is 4.79 Å². The van der Waals surface area contributed by atoms with E-state index in [4.69, 9.17) is 10.5 Å². The summed E-state index contributed by atoms with van der Waals surface area (Å²) in [6, 6.07) is 7.07. The highest BCUT2D eigenvalue weighted by Crippen LogP contribution is 2.14. The first-order chi connectivity index (χ1) is 7.37. The third-order valence-electron chi connectivity index (χ3n) is 1.89. The number of amides is 1. The van der Waals surface area contributed by atoms with Crippen LogP contribution in [0.15, 0.2) is 24.3 Å². The molecular formula is C12H17NO3. The van der Waals surface area contributed by atoms with Crippen LogP contribution in [0.3, 0.4) is 0 Å². The van der Waals surface area contributed by atoms with Crippen LogP contribution >= 0.6 is 0 Å². The SMILES string of the molecule is CC(C)(O)COc1ccc(CC(N)=O)cc1. The van der Waals surface area contributed by atoms with E-state index in [0.29, 0.717) is 5.75 Å². The summed E-state index contributed by atoms with van der Waals surface area (Å²) in [7, 11) is 0. The second-order valence-electron chi connectivity index (χ2n) is 4.39. The van der Waals surface area contributed by atoms with Gasteiger partial charge in [0.1, 0.15) is 12.4 Å². The number of primary amides is 1. The number of carbonyl (C=O) groups is 1. The molecule has 0 atom stereocenters. The van der Waals surface area contributed by atoms with E-state index in [1.807, 2.05) is 0 Å². The third kappa shape index (κ3) is 4.79. The number of nitrogens with two attached hydrogens (primary N) is 1. The number of benzene rings is 1. The van der Waals surface area contributed by atoms with Crippen molar-refractivity contribution in [3.8, 4) is 5.75 Å². The minimum absolute atomic E-state index is 0.224. The fourth-order valence-electron chi connectivity index (χ4n) is 1.16. The summed E-state index contributed by atoms with van der Waals surface area (Å²) in [6.07, 6.45) is 0.228. The van der Waals surface area contributed by atoms with Gasteiger partial charge in [-0.25, -0.2) is 0 Å². The predicted molar refractivity (Wildman–Crippen MR) is 61.1 cm³/mol. The van der Waals surface area contributed by atoms with Crippen molar-refractivity contribution in [3.63, 3.8) is 0 Å². The highest BCUT2D eigenvalue weighted by molar-refractivity contribution is 5.76. The van der Waals surface area contributed by atoms with Gasteiger partial charge in [-0.2, -0.15) is 0 Å². The van der Waals surface area contributed by atoms with Crippen molar-refractivity contribution < 1.29 is 14.6 Å². The molecule has 0 saturated carbocycles. The molecule has 1 aromatic rings. The average molecular weight is 223 g/mol. The van der Waals surface area contributed by atoms with Crippen molar-refractivity contribution >= 4 is 5.91 Å². The molecule has 0 unspecified atom stereocenters. The molecule has 1 rings (SSSR count). The van der Waals surface area contributed by atoms with Crippen LogP contribution in [0.5, 0.6) is 5.75 Å². The fraction of sp³-hybridized carbons (Fsp3) is 0.417. The first-order valence-electron chi connectivity index (χ1n) is 5.09. The molecule has 3 N–H and O–H groups in total. The summed E-state index contributed by atoms with van der Waals surface area (Å²) in [6.45, 7) is 3.57. The van der Waals surface area contributed by atoms with Crippen molar-refractivity contribution in [1.29, 1.82) is 0 Å². The Bertz CT molecular complexity index is 352. The van der Waals surface area contributed by atoms with Crippen LogP contribution < -0.4 is 10.5 Å². The second-order valence-corrected chi connectivity index (χ2v) is 4.39. The number of aliphatic hydroxyl groups is 1. The third-order valence-corrected chi connectivity index (χ3v) is 1.89. The largest absolute Gasteiger partial charge is 0.491 e. The first kappa shape index (κ1) is 12.5. The summed E-state index contributed by atoms with van der Waals surface area (Å²) < 4.78 is 5.36.